The van der Waals surface area contributed by atoms with E-state index >= 15 is 0 Å². The van der Waals surface area contributed by atoms with Crippen molar-refractivity contribution in [2.75, 3.05) is 13.2 Å². The van der Waals surface area contributed by atoms with Crippen molar-refractivity contribution in [3.8, 4) is 12.1 Å². The number of ether oxygens (including phenoxy) is 2. The summed E-state index contributed by atoms with van der Waals surface area (Å²) in [6.07, 6.45) is -0.297. The number of carbonyl (C=O) groups excluding carboxylic acids is 1. The van der Waals surface area contributed by atoms with Crippen LogP contribution in [0.4, 0.5) is 0 Å². The summed E-state index contributed by atoms with van der Waals surface area (Å²) < 4.78 is 9.64. The summed E-state index contributed by atoms with van der Waals surface area (Å²) in [5, 5.41) is 16.8. The third kappa shape index (κ3) is 5.99. The van der Waals surface area contributed by atoms with Crippen molar-refractivity contribution in [3.63, 3.8) is 0 Å². The molecule has 0 atom stereocenters. The van der Waals surface area contributed by atoms with Crippen LogP contribution in [0, 0.1) is 22.7 Å². The van der Waals surface area contributed by atoms with Crippen LogP contribution >= 0.6 is 0 Å². The topological polar surface area (TPSA) is 83.1 Å². The molecule has 5 nitrogen and oxygen atoms in total. The molecule has 0 aliphatic rings. The highest BCUT2D eigenvalue weighted by Crippen LogP contribution is 2.02. The molecule has 0 aromatic heterocycles. The smallest absolute Gasteiger partial charge is 0.332 e. The van der Waals surface area contributed by atoms with Crippen molar-refractivity contribution >= 4 is 5.97 Å². The Kier molecular flexibility index (Phi) is 7.12. The van der Waals surface area contributed by atoms with Gasteiger partial charge in [-0.05, 0) is 6.92 Å². The van der Waals surface area contributed by atoms with Crippen molar-refractivity contribution in [1.29, 1.82) is 10.5 Å². The van der Waals surface area contributed by atoms with Crippen LogP contribution in [0.5, 0.6) is 0 Å². The van der Waals surface area contributed by atoms with Gasteiger partial charge in [-0.15, -0.1) is 0 Å². The lowest BCUT2D eigenvalue weighted by Gasteiger charge is -2.10. The fourth-order valence-electron chi connectivity index (χ4n) is 0.782. The molecule has 0 unspecified atom stereocenters. The molecule has 0 bridgehead atoms. The Morgan fingerprint density at radius 2 is 1.93 bits per heavy atom. The average molecular weight is 196 g/mol. The maximum Gasteiger partial charge on any atom is 0.332 e. The minimum Gasteiger partial charge on any atom is -0.464 e. The fourth-order valence-corrected chi connectivity index (χ4v) is 0.782. The molecule has 0 saturated heterocycles. The number of carbonyl (C=O) groups is 1. The number of nitrogens with zero attached hydrogens (tertiary/aromatic N) is 2. The van der Waals surface area contributed by atoms with Gasteiger partial charge >= 0.3 is 5.97 Å². The lowest BCUT2D eigenvalue weighted by Crippen LogP contribution is -2.19. The predicted octanol–water partition coefficient (Wildman–Crippen LogP) is 0.762. The van der Waals surface area contributed by atoms with Crippen LogP contribution in [-0.4, -0.2) is 25.3 Å². The Morgan fingerprint density at radius 1 is 1.36 bits per heavy atom. The summed E-state index contributed by atoms with van der Waals surface area (Å²) in [7, 11) is 0. The number of hydrogen-bond acceptors (Lipinski definition) is 5. The van der Waals surface area contributed by atoms with E-state index in [1.54, 1.807) is 6.92 Å². The number of nitriles is 2. The Bertz CT molecular complexity index is 236. The van der Waals surface area contributed by atoms with Gasteiger partial charge in [0.25, 0.3) is 0 Å². The van der Waals surface area contributed by atoms with Crippen molar-refractivity contribution in [2.24, 2.45) is 0 Å². The Balaban J connectivity index is 3.77. The zero-order chi connectivity index (χ0) is 10.8. The second-order valence-corrected chi connectivity index (χ2v) is 2.46. The maximum atomic E-state index is 10.8. The van der Waals surface area contributed by atoms with Gasteiger partial charge < -0.3 is 9.47 Å². The molecule has 0 rings (SSSR count). The molecule has 76 valence electrons. The van der Waals surface area contributed by atoms with Crippen molar-refractivity contribution < 1.29 is 14.3 Å². The first kappa shape index (κ1) is 12.4. The van der Waals surface area contributed by atoms with Crippen molar-refractivity contribution in [2.45, 2.75) is 25.9 Å². The lowest BCUT2D eigenvalue weighted by molar-refractivity contribution is -0.150. The largest absolute Gasteiger partial charge is 0.464 e. The number of esters is 1. The highest BCUT2D eigenvalue weighted by molar-refractivity contribution is 5.70. The second-order valence-electron chi connectivity index (χ2n) is 2.46. The molecule has 0 aliphatic carbocycles. The van der Waals surface area contributed by atoms with Crippen LogP contribution in [0.25, 0.3) is 0 Å². The summed E-state index contributed by atoms with van der Waals surface area (Å²) in [4.78, 5) is 10.8. The van der Waals surface area contributed by atoms with E-state index in [0.29, 0.717) is 6.61 Å². The maximum absolute atomic E-state index is 10.8. The zero-order valence-electron chi connectivity index (χ0n) is 8.02. The quantitative estimate of drug-likeness (QED) is 0.585. The fraction of sp³-hybridized carbons (Fsp3) is 0.667. The van der Waals surface area contributed by atoms with Crippen LogP contribution in [0.1, 0.15) is 19.8 Å². The molecule has 0 aliphatic heterocycles. The van der Waals surface area contributed by atoms with Gasteiger partial charge in [0.05, 0.1) is 37.7 Å². The minimum absolute atomic E-state index is 0.104. The van der Waals surface area contributed by atoms with Gasteiger partial charge in [0.1, 0.15) is 6.61 Å². The molecule has 0 N–H and O–H groups in total. The standard InChI is InChI=1S/C9H12N2O3/c1-2-13-9(12)7-14-8(3-5-10)4-6-11/h8H,2-4,7H2,1H3. The Labute approximate surface area is 82.8 Å². The summed E-state index contributed by atoms with van der Waals surface area (Å²) in [5.74, 6) is -0.478. The van der Waals surface area contributed by atoms with Gasteiger partial charge in [0.2, 0.25) is 0 Å². The first-order chi connectivity index (χ1) is 6.74. The summed E-state index contributed by atoms with van der Waals surface area (Å²) in [6.45, 7) is 1.78. The van der Waals surface area contributed by atoms with E-state index in [9.17, 15) is 4.79 Å². The van der Waals surface area contributed by atoms with E-state index in [1.165, 1.54) is 0 Å². The van der Waals surface area contributed by atoms with Gasteiger partial charge in [-0.3, -0.25) is 0 Å². The molecule has 0 radical (unpaired) electrons. The van der Waals surface area contributed by atoms with Crippen LogP contribution < -0.4 is 0 Å². The number of rotatable bonds is 6. The van der Waals surface area contributed by atoms with Gasteiger partial charge in [-0.25, -0.2) is 4.79 Å². The zero-order valence-corrected chi connectivity index (χ0v) is 8.02. The summed E-state index contributed by atoms with van der Waals surface area (Å²) in [6, 6.07) is 3.76. The first-order valence-corrected chi connectivity index (χ1v) is 4.25. The number of hydrogen-bond donors (Lipinski definition) is 0. The molecule has 0 fully saturated rings. The van der Waals surface area contributed by atoms with Gasteiger partial charge in [-0.2, -0.15) is 10.5 Å². The monoisotopic (exact) mass is 196 g/mol. The van der Waals surface area contributed by atoms with E-state index in [-0.39, 0.29) is 19.4 Å². The molecule has 14 heavy (non-hydrogen) atoms. The lowest BCUT2D eigenvalue weighted by atomic mass is 10.2. The van der Waals surface area contributed by atoms with E-state index in [4.69, 9.17) is 15.3 Å². The minimum atomic E-state index is -0.505. The Hall–Kier alpha value is -1.59. The van der Waals surface area contributed by atoms with E-state index in [1.807, 2.05) is 12.1 Å². The van der Waals surface area contributed by atoms with Crippen LogP contribution in [0.2, 0.25) is 0 Å². The normalized spacial score (nSPS) is 9.14. The van der Waals surface area contributed by atoms with E-state index in [2.05, 4.69) is 4.74 Å². The van der Waals surface area contributed by atoms with Crippen molar-refractivity contribution in [1.82, 2.24) is 0 Å². The third-order valence-electron chi connectivity index (χ3n) is 1.38. The van der Waals surface area contributed by atoms with Crippen LogP contribution in [-0.2, 0) is 14.3 Å². The molecule has 0 heterocycles. The van der Waals surface area contributed by atoms with Crippen LogP contribution in [0.15, 0.2) is 0 Å². The second kappa shape index (κ2) is 8.03. The van der Waals surface area contributed by atoms with E-state index < -0.39 is 12.1 Å². The molecule has 0 aromatic rings. The van der Waals surface area contributed by atoms with Crippen LogP contribution in [0.3, 0.4) is 0 Å². The average Bonchev–Trinajstić information content (AvgIpc) is 2.15. The first-order valence-electron chi connectivity index (χ1n) is 4.25. The molecule has 0 aromatic carbocycles. The predicted molar refractivity (Wildman–Crippen MR) is 46.8 cm³/mol. The molecular weight excluding hydrogens is 184 g/mol. The summed E-state index contributed by atoms with van der Waals surface area (Å²) in [5.41, 5.74) is 0. The van der Waals surface area contributed by atoms with Gasteiger partial charge in [0.15, 0.2) is 0 Å². The summed E-state index contributed by atoms with van der Waals surface area (Å²) >= 11 is 0. The molecule has 5 heteroatoms. The highest BCUT2D eigenvalue weighted by Gasteiger charge is 2.11. The van der Waals surface area contributed by atoms with Crippen molar-refractivity contribution in [3.05, 3.63) is 0 Å². The van der Waals surface area contributed by atoms with Gasteiger partial charge in [-0.1, -0.05) is 0 Å². The Morgan fingerprint density at radius 3 is 2.36 bits per heavy atom. The molecule has 0 amide bonds. The molecule has 0 spiro atoms. The van der Waals surface area contributed by atoms with E-state index in [0.717, 1.165) is 0 Å². The third-order valence-corrected chi connectivity index (χ3v) is 1.38. The molecule has 0 saturated carbocycles. The molecular formula is C9H12N2O3. The van der Waals surface area contributed by atoms with Gasteiger partial charge in [0, 0.05) is 0 Å². The highest BCUT2D eigenvalue weighted by atomic mass is 16.6. The SMILES string of the molecule is CCOC(=O)COC(CC#N)CC#N.